The molecule has 37 heavy (non-hydrogen) atoms. The maximum Gasteiger partial charge on any atom is 0.291 e. The van der Waals surface area contributed by atoms with Gasteiger partial charge in [-0.3, -0.25) is 19.3 Å². The van der Waals surface area contributed by atoms with Crippen molar-refractivity contribution < 1.29 is 9.59 Å². The number of thiazole rings is 1. The van der Waals surface area contributed by atoms with Gasteiger partial charge in [0.25, 0.3) is 11.5 Å². The molecule has 0 atom stereocenters. The maximum atomic E-state index is 13.6. The van der Waals surface area contributed by atoms with E-state index < -0.39 is 11.5 Å². The first kappa shape index (κ1) is 23.1. The van der Waals surface area contributed by atoms with Crippen LogP contribution in [0, 0.1) is 6.92 Å². The summed E-state index contributed by atoms with van der Waals surface area (Å²) in [5, 5.41) is 7.64. The van der Waals surface area contributed by atoms with Gasteiger partial charge >= 0.3 is 0 Å². The summed E-state index contributed by atoms with van der Waals surface area (Å²) in [7, 11) is 0. The van der Waals surface area contributed by atoms with E-state index in [1.165, 1.54) is 9.42 Å². The molecule has 0 saturated heterocycles. The van der Waals surface area contributed by atoms with E-state index in [1.807, 2.05) is 31.2 Å². The Morgan fingerprint density at radius 1 is 1.03 bits per heavy atom. The highest BCUT2D eigenvalue weighted by molar-refractivity contribution is 7.15. The first-order valence-electron chi connectivity index (χ1n) is 11.4. The summed E-state index contributed by atoms with van der Waals surface area (Å²) < 4.78 is 1.47. The number of nitrogens with one attached hydrogen (secondary N) is 1. The second-order valence-corrected chi connectivity index (χ2v) is 9.99. The quantitative estimate of drug-likeness (QED) is 0.384. The summed E-state index contributed by atoms with van der Waals surface area (Å²) in [6, 6.07) is 21.6. The number of halogens is 1. The van der Waals surface area contributed by atoms with Crippen LogP contribution in [-0.4, -0.2) is 33.0 Å². The Balaban J connectivity index is 1.38. The van der Waals surface area contributed by atoms with Gasteiger partial charge < -0.3 is 5.32 Å². The number of carbonyl (C=O) groups excluding carboxylic acids is 2. The highest BCUT2D eigenvalue weighted by Crippen LogP contribution is 2.35. The minimum Gasteiger partial charge on any atom is -0.324 e. The molecule has 0 spiro atoms. The molecule has 3 aromatic carbocycles. The molecule has 182 valence electrons. The van der Waals surface area contributed by atoms with E-state index in [1.54, 1.807) is 48.5 Å². The molecule has 0 saturated carbocycles. The third kappa shape index (κ3) is 4.08. The molecule has 0 unspecified atom stereocenters. The van der Waals surface area contributed by atoms with Crippen LogP contribution in [0.3, 0.4) is 0 Å². The number of hydrogen-bond donors (Lipinski definition) is 1. The topological polar surface area (TPSA) is 96.7 Å². The number of anilines is 2. The lowest BCUT2D eigenvalue weighted by molar-refractivity contribution is -0.118. The maximum absolute atomic E-state index is 13.6. The first-order valence-corrected chi connectivity index (χ1v) is 12.6. The third-order valence-electron chi connectivity index (χ3n) is 6.03. The fourth-order valence-corrected chi connectivity index (χ4v) is 5.47. The van der Waals surface area contributed by atoms with Gasteiger partial charge in [-0.1, -0.05) is 77.0 Å². The smallest absolute Gasteiger partial charge is 0.291 e. The van der Waals surface area contributed by atoms with E-state index in [9.17, 15) is 14.4 Å². The fourth-order valence-electron chi connectivity index (χ4n) is 4.28. The van der Waals surface area contributed by atoms with Crippen molar-refractivity contribution in [2.45, 2.75) is 6.92 Å². The van der Waals surface area contributed by atoms with Gasteiger partial charge in [0.1, 0.15) is 11.1 Å². The first-order chi connectivity index (χ1) is 17.9. The Labute approximate surface area is 219 Å². The lowest BCUT2D eigenvalue weighted by Gasteiger charge is -2.16. The highest BCUT2D eigenvalue weighted by atomic mass is 35.5. The van der Waals surface area contributed by atoms with Gasteiger partial charge in [-0.25, -0.2) is 0 Å². The number of fused-ring (bicyclic) bond motifs is 2. The van der Waals surface area contributed by atoms with Gasteiger partial charge in [0.05, 0.1) is 11.3 Å². The molecule has 5 aromatic rings. The second kappa shape index (κ2) is 8.95. The van der Waals surface area contributed by atoms with E-state index in [0.717, 1.165) is 22.5 Å². The van der Waals surface area contributed by atoms with Crippen LogP contribution in [0.1, 0.15) is 11.1 Å². The number of para-hydroxylation sites is 1. The second-order valence-electron chi connectivity index (χ2n) is 8.57. The highest BCUT2D eigenvalue weighted by Gasteiger charge is 2.35. The lowest BCUT2D eigenvalue weighted by Crippen LogP contribution is -2.37. The standard InChI is InChI=1S/C27H18ClN5O3S/c1-15-9-11-16(12-10-15)24-30-27-33(31-24)26(36)23(37-27)22-19-7-2-3-8-20(19)32(25(22)35)14-21(34)29-18-6-4-5-17(28)13-18/h2-13H,14H2,1H3,(H,29,34)/b23-22-. The number of carbonyl (C=O) groups is 2. The van der Waals surface area contributed by atoms with E-state index in [2.05, 4.69) is 15.4 Å². The van der Waals surface area contributed by atoms with Crippen LogP contribution >= 0.6 is 22.9 Å². The minimum atomic E-state index is -0.428. The fraction of sp³-hybridized carbons (Fsp3) is 0.0741. The van der Waals surface area contributed by atoms with Crippen LogP contribution < -0.4 is 20.3 Å². The predicted octanol–water partition coefficient (Wildman–Crippen LogP) is 3.68. The molecule has 1 aliphatic rings. The lowest BCUT2D eigenvalue weighted by atomic mass is 10.1. The number of amides is 2. The van der Waals surface area contributed by atoms with Gasteiger partial charge in [0.2, 0.25) is 10.9 Å². The Morgan fingerprint density at radius 3 is 2.57 bits per heavy atom. The van der Waals surface area contributed by atoms with E-state index in [-0.39, 0.29) is 22.6 Å². The molecule has 0 fully saturated rings. The van der Waals surface area contributed by atoms with E-state index in [0.29, 0.717) is 32.7 Å². The molecule has 8 nitrogen and oxygen atoms in total. The third-order valence-corrected chi connectivity index (χ3v) is 7.29. The molecule has 3 heterocycles. The van der Waals surface area contributed by atoms with Crippen LogP contribution in [0.15, 0.2) is 77.6 Å². The number of aryl methyl sites for hydroxylation is 1. The number of hydrogen-bond acceptors (Lipinski definition) is 6. The Morgan fingerprint density at radius 2 is 1.81 bits per heavy atom. The van der Waals surface area contributed by atoms with Gasteiger partial charge in [0.15, 0.2) is 5.82 Å². The molecule has 2 aromatic heterocycles. The van der Waals surface area contributed by atoms with Gasteiger partial charge in [-0.05, 0) is 31.2 Å². The number of nitrogens with zero attached hydrogens (tertiary/aromatic N) is 4. The molecule has 6 rings (SSSR count). The molecular weight excluding hydrogens is 510 g/mol. The molecule has 1 aliphatic heterocycles. The summed E-state index contributed by atoms with van der Waals surface area (Å²) in [5.41, 5.74) is 3.40. The van der Waals surface area contributed by atoms with Crippen molar-refractivity contribution in [1.82, 2.24) is 14.6 Å². The van der Waals surface area contributed by atoms with Crippen LogP contribution in [-0.2, 0) is 9.59 Å². The number of benzene rings is 3. The van der Waals surface area contributed by atoms with Crippen molar-refractivity contribution in [2.24, 2.45) is 0 Å². The normalized spacial score (nSPS) is 14.3. The molecule has 0 bridgehead atoms. The Hall–Kier alpha value is -4.34. The predicted molar refractivity (Wildman–Crippen MR) is 144 cm³/mol. The van der Waals surface area contributed by atoms with Crippen LogP contribution in [0.25, 0.3) is 21.9 Å². The Bertz CT molecular complexity index is 1830. The summed E-state index contributed by atoms with van der Waals surface area (Å²) >= 11 is 7.11. The average Bonchev–Trinajstić information content (AvgIpc) is 3.51. The summed E-state index contributed by atoms with van der Waals surface area (Å²) in [4.78, 5) is 46.0. The number of aromatic nitrogens is 3. The number of rotatable bonds is 4. The Kier molecular flexibility index (Phi) is 5.58. The van der Waals surface area contributed by atoms with E-state index in [4.69, 9.17) is 11.6 Å². The largest absolute Gasteiger partial charge is 0.324 e. The molecular formula is C27H18ClN5O3S. The zero-order chi connectivity index (χ0) is 25.7. The minimum absolute atomic E-state index is 0.224. The van der Waals surface area contributed by atoms with Gasteiger partial charge in [0, 0.05) is 21.8 Å². The summed E-state index contributed by atoms with van der Waals surface area (Å²) in [5.74, 6) is -0.375. The van der Waals surface area contributed by atoms with E-state index >= 15 is 0 Å². The van der Waals surface area contributed by atoms with Crippen LogP contribution in [0.5, 0.6) is 0 Å². The van der Waals surface area contributed by atoms with Crippen molar-refractivity contribution in [3.63, 3.8) is 0 Å². The van der Waals surface area contributed by atoms with Crippen LogP contribution in [0.2, 0.25) is 5.02 Å². The monoisotopic (exact) mass is 527 g/mol. The zero-order valence-corrected chi connectivity index (χ0v) is 21.0. The van der Waals surface area contributed by atoms with Crippen molar-refractivity contribution in [3.8, 4) is 11.4 Å². The van der Waals surface area contributed by atoms with Crippen molar-refractivity contribution in [1.29, 1.82) is 0 Å². The zero-order valence-electron chi connectivity index (χ0n) is 19.4. The summed E-state index contributed by atoms with van der Waals surface area (Å²) in [6.45, 7) is 1.77. The average molecular weight is 528 g/mol. The molecule has 0 aliphatic carbocycles. The SMILES string of the molecule is Cc1ccc(-c2nc3s/c(=C4\C(=O)N(CC(=O)Nc5cccc(Cl)c5)c5ccccc54)c(=O)n3n2)cc1. The molecule has 1 N–H and O–H groups in total. The van der Waals surface area contributed by atoms with Crippen molar-refractivity contribution in [3.05, 3.63) is 104 Å². The molecule has 2 amide bonds. The van der Waals surface area contributed by atoms with Crippen molar-refractivity contribution in [2.75, 3.05) is 16.8 Å². The summed E-state index contributed by atoms with van der Waals surface area (Å²) in [6.07, 6.45) is 0. The molecule has 10 heteroatoms. The van der Waals surface area contributed by atoms with Gasteiger partial charge in [-0.2, -0.15) is 9.50 Å². The molecule has 0 radical (unpaired) electrons. The van der Waals surface area contributed by atoms with Crippen LogP contribution in [0.4, 0.5) is 11.4 Å². The van der Waals surface area contributed by atoms with Gasteiger partial charge in [-0.15, -0.1) is 5.10 Å². The van der Waals surface area contributed by atoms with Crippen molar-refractivity contribution >= 4 is 56.7 Å².